The summed E-state index contributed by atoms with van der Waals surface area (Å²) in [6.07, 6.45) is 6.45. The third-order valence-corrected chi connectivity index (χ3v) is 3.90. The number of fused-ring (bicyclic) bond motifs is 1. The van der Waals surface area contributed by atoms with Crippen molar-refractivity contribution in [1.82, 2.24) is 0 Å². The minimum absolute atomic E-state index is 0.210. The number of carbonyl (C=O) groups is 1. The lowest BCUT2D eigenvalue weighted by Gasteiger charge is -2.42. The SMILES string of the molecule is C[C@H]1CC[C@@H]2C(=CC(=O)CC2(C)C)C1. The molecule has 0 spiro atoms. The van der Waals surface area contributed by atoms with Gasteiger partial charge in [-0.3, -0.25) is 4.79 Å². The van der Waals surface area contributed by atoms with E-state index in [4.69, 9.17) is 0 Å². The van der Waals surface area contributed by atoms with E-state index in [1.807, 2.05) is 6.08 Å². The molecule has 0 saturated heterocycles. The smallest absolute Gasteiger partial charge is 0.156 e. The molecule has 2 rings (SSSR count). The number of carbonyl (C=O) groups excluding carboxylic acids is 1. The fourth-order valence-electron chi connectivity index (χ4n) is 3.17. The van der Waals surface area contributed by atoms with Gasteiger partial charge in [0.15, 0.2) is 5.78 Å². The molecule has 0 aromatic carbocycles. The van der Waals surface area contributed by atoms with Gasteiger partial charge in [0.05, 0.1) is 0 Å². The van der Waals surface area contributed by atoms with E-state index in [-0.39, 0.29) is 5.41 Å². The van der Waals surface area contributed by atoms with Crippen LogP contribution in [0.4, 0.5) is 0 Å². The molecular weight excluding hydrogens is 172 g/mol. The Balaban J connectivity index is 2.29. The van der Waals surface area contributed by atoms with E-state index in [0.717, 1.165) is 18.8 Å². The molecule has 0 radical (unpaired) electrons. The average Bonchev–Trinajstić information content (AvgIpc) is 2.00. The first-order valence-corrected chi connectivity index (χ1v) is 5.72. The third kappa shape index (κ3) is 1.65. The Morgan fingerprint density at radius 1 is 1.36 bits per heavy atom. The summed E-state index contributed by atoms with van der Waals surface area (Å²) in [5.41, 5.74) is 1.64. The van der Waals surface area contributed by atoms with Gasteiger partial charge in [-0.05, 0) is 42.6 Å². The quantitative estimate of drug-likeness (QED) is 0.575. The molecule has 0 bridgehead atoms. The topological polar surface area (TPSA) is 17.1 Å². The summed E-state index contributed by atoms with van der Waals surface area (Å²) in [5.74, 6) is 1.80. The van der Waals surface area contributed by atoms with Crippen molar-refractivity contribution in [2.24, 2.45) is 17.3 Å². The van der Waals surface area contributed by atoms with Gasteiger partial charge < -0.3 is 0 Å². The zero-order valence-corrected chi connectivity index (χ0v) is 9.47. The molecule has 1 nitrogen and oxygen atoms in total. The van der Waals surface area contributed by atoms with Crippen molar-refractivity contribution in [3.63, 3.8) is 0 Å². The molecule has 2 aliphatic carbocycles. The van der Waals surface area contributed by atoms with Crippen LogP contribution in [0.1, 0.15) is 46.5 Å². The van der Waals surface area contributed by atoms with E-state index in [0.29, 0.717) is 11.7 Å². The van der Waals surface area contributed by atoms with Crippen LogP contribution in [0.15, 0.2) is 11.6 Å². The molecule has 0 heterocycles. The number of ketones is 1. The van der Waals surface area contributed by atoms with Crippen LogP contribution < -0.4 is 0 Å². The minimum Gasteiger partial charge on any atom is -0.295 e. The Kier molecular flexibility index (Phi) is 2.29. The van der Waals surface area contributed by atoms with Gasteiger partial charge in [0.2, 0.25) is 0 Å². The van der Waals surface area contributed by atoms with Gasteiger partial charge in [-0.1, -0.05) is 26.3 Å². The van der Waals surface area contributed by atoms with Crippen molar-refractivity contribution in [2.75, 3.05) is 0 Å². The van der Waals surface area contributed by atoms with Gasteiger partial charge >= 0.3 is 0 Å². The lowest BCUT2D eigenvalue weighted by Crippen LogP contribution is -2.35. The van der Waals surface area contributed by atoms with E-state index >= 15 is 0 Å². The molecule has 1 saturated carbocycles. The minimum atomic E-state index is 0.210. The highest BCUT2D eigenvalue weighted by Gasteiger charge is 2.39. The summed E-state index contributed by atoms with van der Waals surface area (Å²) >= 11 is 0. The summed E-state index contributed by atoms with van der Waals surface area (Å²) in [6.45, 7) is 6.79. The van der Waals surface area contributed by atoms with Gasteiger partial charge in [0.25, 0.3) is 0 Å². The normalized spacial score (nSPS) is 36.2. The number of hydrogen-bond donors (Lipinski definition) is 0. The number of hydrogen-bond acceptors (Lipinski definition) is 1. The maximum Gasteiger partial charge on any atom is 0.156 e. The predicted octanol–water partition coefficient (Wildman–Crippen LogP) is 3.35. The molecule has 2 aliphatic rings. The highest BCUT2D eigenvalue weighted by atomic mass is 16.1. The van der Waals surface area contributed by atoms with Gasteiger partial charge in [0, 0.05) is 6.42 Å². The largest absolute Gasteiger partial charge is 0.295 e. The van der Waals surface area contributed by atoms with E-state index in [9.17, 15) is 4.79 Å². The number of rotatable bonds is 0. The molecule has 1 fully saturated rings. The molecule has 0 N–H and O–H groups in total. The van der Waals surface area contributed by atoms with E-state index in [1.165, 1.54) is 18.4 Å². The van der Waals surface area contributed by atoms with Crippen LogP contribution in [0, 0.1) is 17.3 Å². The zero-order chi connectivity index (χ0) is 10.3. The fourth-order valence-corrected chi connectivity index (χ4v) is 3.17. The maximum atomic E-state index is 11.6. The molecule has 14 heavy (non-hydrogen) atoms. The molecular formula is C13H20O. The molecule has 1 heteroatoms. The summed E-state index contributed by atoms with van der Waals surface area (Å²) in [5, 5.41) is 0. The van der Waals surface area contributed by atoms with Gasteiger partial charge in [-0.25, -0.2) is 0 Å². The van der Waals surface area contributed by atoms with Crippen molar-refractivity contribution in [1.29, 1.82) is 0 Å². The van der Waals surface area contributed by atoms with Crippen molar-refractivity contribution >= 4 is 5.78 Å². The first-order valence-electron chi connectivity index (χ1n) is 5.72. The van der Waals surface area contributed by atoms with Gasteiger partial charge in [-0.2, -0.15) is 0 Å². The van der Waals surface area contributed by atoms with Crippen LogP contribution in [0.2, 0.25) is 0 Å². The molecule has 2 atom stereocenters. The Hall–Kier alpha value is -0.590. The van der Waals surface area contributed by atoms with Gasteiger partial charge in [0.1, 0.15) is 0 Å². The average molecular weight is 192 g/mol. The van der Waals surface area contributed by atoms with E-state index in [2.05, 4.69) is 20.8 Å². The highest BCUT2D eigenvalue weighted by Crippen LogP contribution is 2.47. The van der Waals surface area contributed by atoms with Crippen LogP contribution in [-0.4, -0.2) is 5.78 Å². The van der Waals surface area contributed by atoms with Crippen LogP contribution in [0.5, 0.6) is 0 Å². The third-order valence-electron chi connectivity index (χ3n) is 3.90. The van der Waals surface area contributed by atoms with Crippen LogP contribution in [0.25, 0.3) is 0 Å². The Morgan fingerprint density at radius 2 is 2.07 bits per heavy atom. The van der Waals surface area contributed by atoms with Crippen molar-refractivity contribution in [3.05, 3.63) is 11.6 Å². The molecule has 0 aromatic rings. The molecule has 0 aliphatic heterocycles. The monoisotopic (exact) mass is 192 g/mol. The predicted molar refractivity (Wildman–Crippen MR) is 58.0 cm³/mol. The van der Waals surface area contributed by atoms with Crippen molar-refractivity contribution < 1.29 is 4.79 Å². The van der Waals surface area contributed by atoms with Crippen LogP contribution in [-0.2, 0) is 4.79 Å². The van der Waals surface area contributed by atoms with Crippen molar-refractivity contribution in [3.8, 4) is 0 Å². The molecule has 0 unspecified atom stereocenters. The second-order valence-electron chi connectivity index (χ2n) is 5.79. The van der Waals surface area contributed by atoms with Gasteiger partial charge in [-0.15, -0.1) is 0 Å². The fraction of sp³-hybridized carbons (Fsp3) is 0.769. The Bertz CT molecular complexity index is 286. The Labute approximate surface area is 86.6 Å². The van der Waals surface area contributed by atoms with E-state index in [1.54, 1.807) is 0 Å². The molecule has 78 valence electrons. The van der Waals surface area contributed by atoms with Crippen LogP contribution in [0.3, 0.4) is 0 Å². The first-order chi connectivity index (χ1) is 6.49. The Morgan fingerprint density at radius 3 is 2.79 bits per heavy atom. The molecule has 0 amide bonds. The highest BCUT2D eigenvalue weighted by molar-refractivity contribution is 5.92. The lowest BCUT2D eigenvalue weighted by molar-refractivity contribution is -0.118. The summed E-state index contributed by atoms with van der Waals surface area (Å²) in [4.78, 5) is 11.6. The second-order valence-corrected chi connectivity index (χ2v) is 5.79. The van der Waals surface area contributed by atoms with Crippen LogP contribution >= 0.6 is 0 Å². The lowest BCUT2D eigenvalue weighted by atomic mass is 9.62. The maximum absolute atomic E-state index is 11.6. The summed E-state index contributed by atoms with van der Waals surface area (Å²) < 4.78 is 0. The van der Waals surface area contributed by atoms with E-state index < -0.39 is 0 Å². The second kappa shape index (κ2) is 3.22. The molecule has 0 aromatic heterocycles. The number of allylic oxidation sites excluding steroid dienone is 2. The summed E-state index contributed by atoms with van der Waals surface area (Å²) in [6, 6.07) is 0. The first kappa shape index (κ1) is 9.95. The van der Waals surface area contributed by atoms with Crippen molar-refractivity contribution in [2.45, 2.75) is 46.5 Å². The zero-order valence-electron chi connectivity index (χ0n) is 9.47. The summed E-state index contributed by atoms with van der Waals surface area (Å²) in [7, 11) is 0. The standard InChI is InChI=1S/C13H20O/c1-9-4-5-12-10(6-9)7-11(14)8-13(12,2)3/h7,9,12H,4-6,8H2,1-3H3/t9-,12+/m0/s1.